The summed E-state index contributed by atoms with van der Waals surface area (Å²) in [7, 11) is 0. The maximum atomic E-state index is 13.5. The van der Waals surface area contributed by atoms with Gasteiger partial charge in [0.1, 0.15) is 5.82 Å². The van der Waals surface area contributed by atoms with Crippen LogP contribution in [0.1, 0.15) is 22.8 Å². The van der Waals surface area contributed by atoms with E-state index in [9.17, 15) is 14.0 Å². The van der Waals surface area contributed by atoms with E-state index in [1.54, 1.807) is 18.2 Å². The molecule has 2 aromatic carbocycles. The minimum Gasteiger partial charge on any atom is -0.449 e. The molecule has 0 heterocycles. The second-order valence-electron chi connectivity index (χ2n) is 4.87. The van der Waals surface area contributed by atoms with Crippen LogP contribution in [0.25, 0.3) is 0 Å². The predicted octanol–water partition coefficient (Wildman–Crippen LogP) is 2.50. The molecule has 1 atom stereocenters. The third-order valence-electron chi connectivity index (χ3n) is 3.16. The largest absolute Gasteiger partial charge is 0.449 e. The molecule has 2 N–H and O–H groups in total. The van der Waals surface area contributed by atoms with Crippen LogP contribution >= 0.6 is 0 Å². The number of aliphatic hydroxyl groups excluding tert-OH is 1. The summed E-state index contributed by atoms with van der Waals surface area (Å²) in [6.45, 7) is 1.27. The molecule has 6 heteroatoms. The van der Waals surface area contributed by atoms with Crippen molar-refractivity contribution < 1.29 is 23.8 Å². The zero-order valence-electron chi connectivity index (χ0n) is 12.5. The van der Waals surface area contributed by atoms with E-state index in [4.69, 9.17) is 9.84 Å². The minimum atomic E-state index is -1.08. The van der Waals surface area contributed by atoms with Crippen molar-refractivity contribution in [3.8, 4) is 0 Å². The molecule has 0 saturated heterocycles. The van der Waals surface area contributed by atoms with Gasteiger partial charge in [-0.15, -0.1) is 0 Å². The number of hydrogen-bond acceptors (Lipinski definition) is 4. The molecule has 2 rings (SSSR count). The average molecular weight is 317 g/mol. The van der Waals surface area contributed by atoms with Gasteiger partial charge in [0.25, 0.3) is 5.91 Å². The van der Waals surface area contributed by atoms with Gasteiger partial charge >= 0.3 is 5.97 Å². The van der Waals surface area contributed by atoms with E-state index in [1.165, 1.54) is 37.3 Å². The van der Waals surface area contributed by atoms with Gasteiger partial charge in [-0.1, -0.05) is 24.3 Å². The lowest BCUT2D eigenvalue weighted by atomic mass is 10.1. The van der Waals surface area contributed by atoms with Gasteiger partial charge in [0.05, 0.1) is 17.9 Å². The fourth-order valence-corrected chi connectivity index (χ4v) is 1.83. The molecule has 0 aliphatic heterocycles. The predicted molar refractivity (Wildman–Crippen MR) is 82.3 cm³/mol. The molecule has 0 aliphatic rings. The highest BCUT2D eigenvalue weighted by molar-refractivity contribution is 5.97. The highest BCUT2D eigenvalue weighted by Gasteiger charge is 2.19. The highest BCUT2D eigenvalue weighted by atomic mass is 19.1. The molecule has 0 fully saturated rings. The molecule has 0 aliphatic carbocycles. The highest BCUT2D eigenvalue weighted by Crippen LogP contribution is 2.14. The Morgan fingerprint density at radius 3 is 2.43 bits per heavy atom. The zero-order valence-corrected chi connectivity index (χ0v) is 12.5. The summed E-state index contributed by atoms with van der Waals surface area (Å²) in [5.74, 6) is -1.87. The number of amides is 1. The number of para-hydroxylation sites is 1. The molecule has 0 spiro atoms. The quantitative estimate of drug-likeness (QED) is 0.831. The molecular formula is C17H16FNO4. The van der Waals surface area contributed by atoms with Gasteiger partial charge in [-0.3, -0.25) is 4.79 Å². The summed E-state index contributed by atoms with van der Waals surface area (Å²) < 4.78 is 18.5. The van der Waals surface area contributed by atoms with E-state index in [-0.39, 0.29) is 17.9 Å². The third-order valence-corrected chi connectivity index (χ3v) is 3.16. The maximum Gasteiger partial charge on any atom is 0.338 e. The van der Waals surface area contributed by atoms with E-state index in [1.807, 2.05) is 0 Å². The Balaban J connectivity index is 1.97. The van der Waals surface area contributed by atoms with Crippen LogP contribution in [-0.2, 0) is 16.1 Å². The van der Waals surface area contributed by atoms with E-state index in [0.29, 0.717) is 5.56 Å². The molecule has 0 unspecified atom stereocenters. The van der Waals surface area contributed by atoms with Crippen molar-refractivity contribution in [1.82, 2.24) is 0 Å². The Morgan fingerprint density at radius 2 is 1.83 bits per heavy atom. The number of carbonyl (C=O) groups excluding carboxylic acids is 2. The van der Waals surface area contributed by atoms with E-state index >= 15 is 0 Å². The fourth-order valence-electron chi connectivity index (χ4n) is 1.83. The van der Waals surface area contributed by atoms with Crippen molar-refractivity contribution in [1.29, 1.82) is 0 Å². The van der Waals surface area contributed by atoms with E-state index in [2.05, 4.69) is 5.32 Å². The first-order valence-corrected chi connectivity index (χ1v) is 6.97. The van der Waals surface area contributed by atoms with Gasteiger partial charge in [0, 0.05) is 0 Å². The Morgan fingerprint density at radius 1 is 1.17 bits per heavy atom. The van der Waals surface area contributed by atoms with Crippen LogP contribution in [0.5, 0.6) is 0 Å². The second-order valence-corrected chi connectivity index (χ2v) is 4.87. The molecule has 23 heavy (non-hydrogen) atoms. The van der Waals surface area contributed by atoms with E-state index in [0.717, 1.165) is 0 Å². The molecule has 0 bridgehead atoms. The van der Waals surface area contributed by atoms with Gasteiger partial charge in [-0.05, 0) is 36.8 Å². The second kappa shape index (κ2) is 7.51. The lowest BCUT2D eigenvalue weighted by Crippen LogP contribution is -2.30. The number of anilines is 1. The first kappa shape index (κ1) is 16.6. The van der Waals surface area contributed by atoms with Crippen LogP contribution in [0.15, 0.2) is 48.5 Å². The first-order chi connectivity index (χ1) is 11.0. The number of rotatable bonds is 5. The Hall–Kier alpha value is -2.73. The van der Waals surface area contributed by atoms with Crippen LogP contribution in [0.4, 0.5) is 10.1 Å². The Labute approximate surface area is 132 Å². The van der Waals surface area contributed by atoms with Gasteiger partial charge in [0.2, 0.25) is 0 Å². The normalized spacial score (nSPS) is 11.6. The molecule has 0 radical (unpaired) electrons. The maximum absolute atomic E-state index is 13.5. The van der Waals surface area contributed by atoms with Crippen molar-refractivity contribution in [2.75, 3.05) is 5.32 Å². The minimum absolute atomic E-state index is 0.0210. The van der Waals surface area contributed by atoms with Crippen molar-refractivity contribution in [2.24, 2.45) is 0 Å². The van der Waals surface area contributed by atoms with Crippen molar-refractivity contribution in [3.05, 3.63) is 65.5 Å². The number of esters is 1. The molecule has 2 aromatic rings. The number of carbonyl (C=O) groups is 2. The number of aliphatic hydroxyl groups is 1. The lowest BCUT2D eigenvalue weighted by molar-refractivity contribution is -0.123. The summed E-state index contributed by atoms with van der Waals surface area (Å²) in [5, 5.41) is 11.3. The van der Waals surface area contributed by atoms with Crippen LogP contribution < -0.4 is 5.32 Å². The summed E-state index contributed by atoms with van der Waals surface area (Å²) in [5.41, 5.74) is 0.937. The summed E-state index contributed by atoms with van der Waals surface area (Å²) in [4.78, 5) is 23.9. The van der Waals surface area contributed by atoms with Crippen LogP contribution in [0.2, 0.25) is 0 Å². The summed E-state index contributed by atoms with van der Waals surface area (Å²) >= 11 is 0. The van der Waals surface area contributed by atoms with Crippen molar-refractivity contribution in [3.63, 3.8) is 0 Å². The number of benzene rings is 2. The molecule has 120 valence electrons. The first-order valence-electron chi connectivity index (χ1n) is 6.97. The standard InChI is InChI=1S/C17H16FNO4/c1-11(16(21)19-15-5-3-2-4-14(15)18)23-17(22)13-8-6-12(10-20)7-9-13/h2-9,11,20H,10H2,1H3,(H,19,21)/t11-/m0/s1. The molecular weight excluding hydrogens is 301 g/mol. The van der Waals surface area contributed by atoms with Crippen LogP contribution in [-0.4, -0.2) is 23.1 Å². The smallest absolute Gasteiger partial charge is 0.338 e. The zero-order chi connectivity index (χ0) is 16.8. The van der Waals surface area contributed by atoms with Gasteiger partial charge < -0.3 is 15.2 Å². The molecule has 0 saturated carbocycles. The molecule has 0 aromatic heterocycles. The number of hydrogen-bond donors (Lipinski definition) is 2. The number of halogens is 1. The molecule has 1 amide bonds. The number of nitrogens with one attached hydrogen (secondary N) is 1. The van der Waals surface area contributed by atoms with Crippen LogP contribution in [0.3, 0.4) is 0 Å². The fraction of sp³-hybridized carbons (Fsp3) is 0.176. The van der Waals surface area contributed by atoms with Gasteiger partial charge in [-0.2, -0.15) is 0 Å². The Bertz CT molecular complexity index is 700. The summed E-state index contributed by atoms with van der Waals surface area (Å²) in [6.07, 6.45) is -1.08. The van der Waals surface area contributed by atoms with E-state index < -0.39 is 23.8 Å². The monoisotopic (exact) mass is 317 g/mol. The third kappa shape index (κ3) is 4.37. The lowest BCUT2D eigenvalue weighted by Gasteiger charge is -2.14. The molecule has 5 nitrogen and oxygen atoms in total. The van der Waals surface area contributed by atoms with Crippen molar-refractivity contribution in [2.45, 2.75) is 19.6 Å². The van der Waals surface area contributed by atoms with Crippen LogP contribution in [0, 0.1) is 5.82 Å². The summed E-state index contributed by atoms with van der Waals surface area (Å²) in [6, 6.07) is 11.9. The topological polar surface area (TPSA) is 75.6 Å². The Kier molecular flexibility index (Phi) is 5.43. The van der Waals surface area contributed by atoms with Gasteiger partial charge in [0.15, 0.2) is 6.10 Å². The number of ether oxygens (including phenoxy) is 1. The van der Waals surface area contributed by atoms with Crippen molar-refractivity contribution >= 4 is 17.6 Å². The van der Waals surface area contributed by atoms with Gasteiger partial charge in [-0.25, -0.2) is 9.18 Å². The SMILES string of the molecule is C[C@H](OC(=O)c1ccc(CO)cc1)C(=O)Nc1ccccc1F. The average Bonchev–Trinajstić information content (AvgIpc) is 2.56.